The van der Waals surface area contributed by atoms with Gasteiger partial charge in [0.15, 0.2) is 5.75 Å². The maximum absolute atomic E-state index is 12.5. The van der Waals surface area contributed by atoms with Crippen molar-refractivity contribution in [3.8, 4) is 5.75 Å². The smallest absolute Gasteiger partial charge is 0.270 e. The van der Waals surface area contributed by atoms with Crippen molar-refractivity contribution in [1.82, 2.24) is 20.3 Å². The molecule has 1 amide bonds. The van der Waals surface area contributed by atoms with Gasteiger partial charge in [0.25, 0.3) is 5.91 Å². The number of carbonyl (C=O) groups is 1. The number of imidazole rings is 1. The summed E-state index contributed by atoms with van der Waals surface area (Å²) in [5, 5.41) is 3.08. The first-order chi connectivity index (χ1) is 14.2. The third-order valence-corrected chi connectivity index (χ3v) is 5.45. The fourth-order valence-corrected chi connectivity index (χ4v) is 3.72. The van der Waals surface area contributed by atoms with E-state index < -0.39 is 0 Å². The molecule has 9 heteroatoms. The first-order valence-corrected chi connectivity index (χ1v) is 10.6. The molecule has 2 heterocycles. The summed E-state index contributed by atoms with van der Waals surface area (Å²) in [6, 6.07) is 3.60. The van der Waals surface area contributed by atoms with Crippen molar-refractivity contribution in [3.05, 3.63) is 40.6 Å². The van der Waals surface area contributed by atoms with Crippen LogP contribution < -0.4 is 10.1 Å². The average Bonchev–Trinajstić information content (AvgIpc) is 3.24. The number of methoxy groups -OCH3 is 1. The minimum atomic E-state index is -0.168. The molecule has 158 valence electrons. The van der Waals surface area contributed by atoms with Crippen LogP contribution in [0.3, 0.4) is 0 Å². The van der Waals surface area contributed by atoms with E-state index in [9.17, 15) is 4.79 Å². The Bertz CT molecular complexity index is 764. The lowest BCUT2D eigenvalue weighted by molar-refractivity contribution is -0.00409. The van der Waals surface area contributed by atoms with Crippen molar-refractivity contribution in [2.24, 2.45) is 0 Å². The number of amides is 1. The highest BCUT2D eigenvalue weighted by Crippen LogP contribution is 2.24. The summed E-state index contributed by atoms with van der Waals surface area (Å²) < 4.78 is 17.0. The van der Waals surface area contributed by atoms with Crippen molar-refractivity contribution >= 4 is 21.8 Å². The van der Waals surface area contributed by atoms with Crippen LogP contribution in [0.5, 0.6) is 5.75 Å². The Hall–Kier alpha value is -1.97. The molecule has 0 bridgehead atoms. The second kappa shape index (κ2) is 11.3. The van der Waals surface area contributed by atoms with E-state index in [2.05, 4.69) is 36.2 Å². The van der Waals surface area contributed by atoms with Gasteiger partial charge in [-0.2, -0.15) is 0 Å². The number of halogens is 1. The fraction of sp³-hybridized carbons (Fsp3) is 0.550. The molecule has 0 atom stereocenters. The molecule has 0 spiro atoms. The maximum Gasteiger partial charge on any atom is 0.270 e. The fourth-order valence-electron chi connectivity index (χ4n) is 3.28. The van der Waals surface area contributed by atoms with Crippen LogP contribution in [0.1, 0.15) is 41.9 Å². The molecule has 1 aliphatic rings. The van der Waals surface area contributed by atoms with Gasteiger partial charge in [0.2, 0.25) is 0 Å². The van der Waals surface area contributed by atoms with Gasteiger partial charge in [-0.15, -0.1) is 0 Å². The van der Waals surface area contributed by atoms with Crippen molar-refractivity contribution in [1.29, 1.82) is 0 Å². The number of nitrogens with zero attached hydrogens (tertiary/aromatic N) is 2. The Labute approximate surface area is 178 Å². The summed E-state index contributed by atoms with van der Waals surface area (Å²) in [4.78, 5) is 23.9. The number of carbonyl (C=O) groups excluding carboxylic acids is 1. The molecule has 2 aromatic rings. The third kappa shape index (κ3) is 6.80. The summed E-state index contributed by atoms with van der Waals surface area (Å²) in [6.07, 6.45) is 8.06. The van der Waals surface area contributed by atoms with E-state index >= 15 is 0 Å². The van der Waals surface area contributed by atoms with E-state index in [4.69, 9.17) is 14.2 Å². The molecular weight excluding hydrogens is 440 g/mol. The topological polar surface area (TPSA) is 98.4 Å². The van der Waals surface area contributed by atoms with Crippen molar-refractivity contribution < 1.29 is 19.0 Å². The summed E-state index contributed by atoms with van der Waals surface area (Å²) in [7, 11) is 1.67. The number of hydrogen-bond acceptors (Lipinski definition) is 6. The molecule has 1 fully saturated rings. The number of pyridine rings is 1. The Balaban J connectivity index is 1.43. The van der Waals surface area contributed by atoms with Crippen LogP contribution in [0.2, 0.25) is 0 Å². The van der Waals surface area contributed by atoms with E-state index in [1.54, 1.807) is 31.8 Å². The Morgan fingerprint density at radius 1 is 1.24 bits per heavy atom. The summed E-state index contributed by atoms with van der Waals surface area (Å²) >= 11 is 3.39. The van der Waals surface area contributed by atoms with Crippen LogP contribution in [0, 0.1) is 0 Å². The lowest BCUT2D eigenvalue weighted by Gasteiger charge is -2.29. The number of H-pyrrole nitrogens is 1. The van der Waals surface area contributed by atoms with Gasteiger partial charge >= 0.3 is 0 Å². The van der Waals surface area contributed by atoms with Crippen molar-refractivity contribution in [3.63, 3.8) is 0 Å². The van der Waals surface area contributed by atoms with Gasteiger partial charge in [-0.1, -0.05) is 0 Å². The minimum absolute atomic E-state index is 0.149. The zero-order chi connectivity index (χ0) is 20.5. The normalized spacial score (nSPS) is 19.1. The number of aromatic nitrogens is 3. The molecule has 0 saturated heterocycles. The predicted molar refractivity (Wildman–Crippen MR) is 111 cm³/mol. The van der Waals surface area contributed by atoms with Gasteiger partial charge in [-0.05, 0) is 53.7 Å². The lowest BCUT2D eigenvalue weighted by Crippen LogP contribution is -2.39. The van der Waals surface area contributed by atoms with Crippen LogP contribution in [0.25, 0.3) is 0 Å². The highest BCUT2D eigenvalue weighted by molar-refractivity contribution is 9.10. The predicted octanol–water partition coefficient (Wildman–Crippen LogP) is 2.89. The molecule has 1 saturated carbocycles. The van der Waals surface area contributed by atoms with Gasteiger partial charge in [0.05, 0.1) is 32.3 Å². The van der Waals surface area contributed by atoms with Crippen LogP contribution in [0.15, 0.2) is 29.3 Å². The SMILES string of the molecule is COCCOC1CCC(NC(=O)c2ccc(OCCc3cnc[nH]3)c(Br)n2)CC1. The van der Waals surface area contributed by atoms with Gasteiger partial charge in [0, 0.05) is 31.5 Å². The minimum Gasteiger partial charge on any atom is -0.490 e. The molecular formula is C20H27BrN4O4. The molecule has 29 heavy (non-hydrogen) atoms. The molecule has 0 aliphatic heterocycles. The number of ether oxygens (including phenoxy) is 3. The third-order valence-electron chi connectivity index (χ3n) is 4.88. The summed E-state index contributed by atoms with van der Waals surface area (Å²) in [6.45, 7) is 1.72. The van der Waals surface area contributed by atoms with E-state index in [1.807, 2.05) is 0 Å². The van der Waals surface area contributed by atoms with Crippen LogP contribution in [-0.4, -0.2) is 59.9 Å². The number of nitrogens with one attached hydrogen (secondary N) is 2. The van der Waals surface area contributed by atoms with Crippen LogP contribution in [0.4, 0.5) is 0 Å². The Morgan fingerprint density at radius 2 is 2.07 bits per heavy atom. The number of aromatic amines is 1. The molecule has 0 aromatic carbocycles. The van der Waals surface area contributed by atoms with Crippen LogP contribution >= 0.6 is 15.9 Å². The molecule has 3 rings (SSSR count). The van der Waals surface area contributed by atoms with E-state index in [0.29, 0.717) is 42.3 Å². The maximum atomic E-state index is 12.5. The largest absolute Gasteiger partial charge is 0.490 e. The quantitative estimate of drug-likeness (QED) is 0.412. The Kier molecular flexibility index (Phi) is 8.45. The van der Waals surface area contributed by atoms with E-state index in [0.717, 1.165) is 31.4 Å². The average molecular weight is 467 g/mol. The van der Waals surface area contributed by atoms with Crippen molar-refractivity contribution in [2.75, 3.05) is 26.9 Å². The molecule has 0 unspecified atom stereocenters. The van der Waals surface area contributed by atoms with Gasteiger partial charge in [-0.25, -0.2) is 9.97 Å². The molecule has 1 aliphatic carbocycles. The zero-order valence-corrected chi connectivity index (χ0v) is 18.1. The molecule has 2 aromatic heterocycles. The summed E-state index contributed by atoms with van der Waals surface area (Å²) in [5.41, 5.74) is 1.38. The first kappa shape index (κ1) is 21.7. The zero-order valence-electron chi connectivity index (χ0n) is 16.5. The standard InChI is InChI=1S/C20H27BrN4O4/c1-27-10-11-28-16-4-2-14(3-5-16)24-20(26)17-6-7-18(19(21)25-17)29-9-8-15-12-22-13-23-15/h6-7,12-14,16H,2-5,8-11H2,1H3,(H,22,23)(H,24,26). The number of hydrogen-bond donors (Lipinski definition) is 2. The van der Waals surface area contributed by atoms with E-state index in [1.165, 1.54) is 0 Å². The second-order valence-electron chi connectivity index (χ2n) is 6.97. The van der Waals surface area contributed by atoms with Crippen molar-refractivity contribution in [2.45, 2.75) is 44.2 Å². The number of rotatable bonds is 10. The van der Waals surface area contributed by atoms with Gasteiger partial charge in [-0.3, -0.25) is 4.79 Å². The molecule has 8 nitrogen and oxygen atoms in total. The molecule has 0 radical (unpaired) electrons. The lowest BCUT2D eigenvalue weighted by atomic mass is 9.93. The van der Waals surface area contributed by atoms with Crippen LogP contribution in [-0.2, 0) is 15.9 Å². The monoisotopic (exact) mass is 466 g/mol. The summed E-state index contributed by atoms with van der Waals surface area (Å²) in [5.74, 6) is 0.438. The highest BCUT2D eigenvalue weighted by Gasteiger charge is 2.23. The molecule has 2 N–H and O–H groups in total. The Morgan fingerprint density at radius 3 is 2.76 bits per heavy atom. The van der Waals surface area contributed by atoms with Gasteiger partial charge in [0.1, 0.15) is 10.3 Å². The highest BCUT2D eigenvalue weighted by atomic mass is 79.9. The van der Waals surface area contributed by atoms with Gasteiger partial charge < -0.3 is 24.5 Å². The second-order valence-corrected chi connectivity index (χ2v) is 7.72. The first-order valence-electron chi connectivity index (χ1n) is 9.83. The van der Waals surface area contributed by atoms with E-state index in [-0.39, 0.29) is 18.1 Å².